The van der Waals surface area contributed by atoms with Gasteiger partial charge in [0, 0.05) is 49.3 Å². The fraction of sp³-hybridized carbons (Fsp3) is 0. The number of aromatic nitrogens is 5. The maximum atomic E-state index is 8.06. The third-order valence-corrected chi connectivity index (χ3v) is 12.2. The Balaban J connectivity index is 1.18. The molecule has 0 bridgehead atoms. The first kappa shape index (κ1) is 36.9. The van der Waals surface area contributed by atoms with E-state index in [2.05, 4.69) is 160 Å². The third-order valence-electron chi connectivity index (χ3n) is 12.2. The van der Waals surface area contributed by atoms with Crippen molar-refractivity contribution >= 4 is 49.3 Å². The predicted octanol–water partition coefficient (Wildman–Crippen LogP) is 15.0. The Kier molecular flexibility index (Phi) is 8.77. The zero-order valence-electron chi connectivity index (χ0n) is 34.5. The van der Waals surface area contributed by atoms with Crippen molar-refractivity contribution in [3.8, 4) is 67.8 Å². The fourth-order valence-corrected chi connectivity index (χ4v) is 9.23. The summed E-state index contributed by atoms with van der Waals surface area (Å²) >= 11 is 0. The van der Waals surface area contributed by atoms with E-state index in [4.69, 9.17) is 21.5 Å². The van der Waals surface area contributed by atoms with E-state index >= 15 is 0 Å². The van der Waals surface area contributed by atoms with E-state index in [1.165, 1.54) is 0 Å². The van der Waals surface area contributed by atoms with Crippen LogP contribution >= 0.6 is 0 Å². The molecule has 0 N–H and O–H groups in total. The summed E-state index contributed by atoms with van der Waals surface area (Å²) in [5.74, 6) is 1.80. The lowest BCUT2D eigenvalue weighted by atomic mass is 9.99. The van der Waals surface area contributed by atoms with Crippen molar-refractivity contribution in [3.05, 3.63) is 230 Å². The number of para-hydroxylation sites is 2. The molecule has 3 aromatic heterocycles. The zero-order chi connectivity index (χ0) is 42.6. The molecule has 0 aliphatic carbocycles. The average Bonchev–Trinajstić information content (AvgIpc) is 3.88. The van der Waals surface area contributed by atoms with Crippen LogP contribution < -0.4 is 0 Å². The van der Waals surface area contributed by atoms with Crippen molar-refractivity contribution in [1.82, 2.24) is 24.1 Å². The molecule has 0 aliphatic rings. The SMILES string of the molecule is [C-]#[N+]c1ccc2c3ccc(-c4ccccc4)cc3n(-c3cc4c(cc3-c3ccccc3)c3ccccc3n4-c3ccccc3-c3nc(-c4ccccc4)nc(-c4ccccc4)n3)c2c1. The number of benzene rings is 9. The largest absolute Gasteiger partial charge is 0.310 e. The maximum Gasteiger partial charge on any atom is 0.189 e. The molecule has 3 heterocycles. The number of rotatable bonds is 7. The first-order valence-corrected chi connectivity index (χ1v) is 21.3. The number of fused-ring (bicyclic) bond motifs is 6. The summed E-state index contributed by atoms with van der Waals surface area (Å²) in [7, 11) is 0. The summed E-state index contributed by atoms with van der Waals surface area (Å²) in [4.78, 5) is 19.3. The summed E-state index contributed by atoms with van der Waals surface area (Å²) in [6.07, 6.45) is 0. The molecule has 0 unspecified atom stereocenters. The van der Waals surface area contributed by atoms with E-state index < -0.39 is 0 Å². The molecule has 0 radical (unpaired) electrons. The molecule has 64 heavy (non-hydrogen) atoms. The van der Waals surface area contributed by atoms with E-state index in [0.29, 0.717) is 23.2 Å². The van der Waals surface area contributed by atoms with E-state index in [1.807, 2.05) is 72.8 Å². The Labute approximate surface area is 369 Å². The van der Waals surface area contributed by atoms with Crippen LogP contribution in [0.1, 0.15) is 0 Å². The lowest BCUT2D eigenvalue weighted by Crippen LogP contribution is -2.04. The molecule has 0 saturated carbocycles. The number of hydrogen-bond acceptors (Lipinski definition) is 3. The first-order chi connectivity index (χ1) is 31.7. The van der Waals surface area contributed by atoms with E-state index in [0.717, 1.165) is 93.9 Å². The Morgan fingerprint density at radius 2 is 0.812 bits per heavy atom. The van der Waals surface area contributed by atoms with E-state index in [1.54, 1.807) is 0 Å². The van der Waals surface area contributed by atoms with Crippen LogP contribution in [0.3, 0.4) is 0 Å². The van der Waals surface area contributed by atoms with Crippen molar-refractivity contribution in [1.29, 1.82) is 0 Å². The normalized spacial score (nSPS) is 11.4. The van der Waals surface area contributed by atoms with Crippen LogP contribution in [0, 0.1) is 6.57 Å². The van der Waals surface area contributed by atoms with Gasteiger partial charge in [0.15, 0.2) is 23.2 Å². The second-order valence-electron chi connectivity index (χ2n) is 15.9. The molecule has 6 heteroatoms. The summed E-state index contributed by atoms with van der Waals surface area (Å²) in [6.45, 7) is 8.06. The summed E-state index contributed by atoms with van der Waals surface area (Å²) in [5.41, 5.74) is 13.8. The molecule has 0 spiro atoms. The summed E-state index contributed by atoms with van der Waals surface area (Å²) in [6, 6.07) is 75.8. The smallest absolute Gasteiger partial charge is 0.189 e. The maximum absolute atomic E-state index is 8.06. The number of hydrogen-bond donors (Lipinski definition) is 0. The van der Waals surface area contributed by atoms with Crippen molar-refractivity contribution < 1.29 is 0 Å². The third kappa shape index (κ3) is 6.14. The highest BCUT2D eigenvalue weighted by Crippen LogP contribution is 2.44. The minimum atomic E-state index is 0.581. The van der Waals surface area contributed by atoms with E-state index in [9.17, 15) is 0 Å². The van der Waals surface area contributed by atoms with Crippen LogP contribution in [0.15, 0.2) is 218 Å². The Morgan fingerprint density at radius 3 is 1.48 bits per heavy atom. The van der Waals surface area contributed by atoms with Gasteiger partial charge in [-0.05, 0) is 59.2 Å². The minimum Gasteiger partial charge on any atom is -0.310 e. The van der Waals surface area contributed by atoms with Gasteiger partial charge in [-0.3, -0.25) is 0 Å². The lowest BCUT2D eigenvalue weighted by Gasteiger charge is -2.18. The van der Waals surface area contributed by atoms with Crippen LogP contribution in [-0.2, 0) is 0 Å². The monoisotopic (exact) mass is 816 g/mol. The minimum absolute atomic E-state index is 0.581. The van der Waals surface area contributed by atoms with Gasteiger partial charge < -0.3 is 9.13 Å². The Morgan fingerprint density at radius 1 is 0.312 bits per heavy atom. The molecular weight excluding hydrogens is 781 g/mol. The number of nitrogens with zero attached hydrogens (tertiary/aromatic N) is 6. The second-order valence-corrected chi connectivity index (χ2v) is 15.9. The lowest BCUT2D eigenvalue weighted by molar-refractivity contribution is 1.06. The van der Waals surface area contributed by atoms with Gasteiger partial charge in [0.2, 0.25) is 0 Å². The molecule has 9 aromatic carbocycles. The molecular formula is C58H36N6. The first-order valence-electron chi connectivity index (χ1n) is 21.3. The second kappa shape index (κ2) is 15.2. The van der Waals surface area contributed by atoms with Gasteiger partial charge in [-0.25, -0.2) is 19.8 Å². The highest BCUT2D eigenvalue weighted by atomic mass is 15.1. The van der Waals surface area contributed by atoms with E-state index in [-0.39, 0.29) is 0 Å². The molecule has 0 aliphatic heterocycles. The van der Waals surface area contributed by atoms with Crippen molar-refractivity contribution in [2.75, 3.05) is 0 Å². The van der Waals surface area contributed by atoms with Crippen LogP contribution in [0.4, 0.5) is 5.69 Å². The Hall–Kier alpha value is -8.92. The summed E-state index contributed by atoms with van der Waals surface area (Å²) < 4.78 is 4.73. The van der Waals surface area contributed by atoms with Gasteiger partial charge in [-0.15, -0.1) is 0 Å². The topological polar surface area (TPSA) is 52.9 Å². The van der Waals surface area contributed by atoms with Crippen molar-refractivity contribution in [3.63, 3.8) is 0 Å². The fourth-order valence-electron chi connectivity index (χ4n) is 9.23. The van der Waals surface area contributed by atoms with Gasteiger partial charge >= 0.3 is 0 Å². The Bertz CT molecular complexity index is 3710. The highest BCUT2D eigenvalue weighted by molar-refractivity contribution is 6.15. The van der Waals surface area contributed by atoms with Crippen molar-refractivity contribution in [2.24, 2.45) is 0 Å². The molecule has 298 valence electrons. The molecule has 0 fully saturated rings. The van der Waals surface area contributed by atoms with Crippen LogP contribution in [0.25, 0.3) is 116 Å². The van der Waals surface area contributed by atoms with Crippen LogP contribution in [0.5, 0.6) is 0 Å². The van der Waals surface area contributed by atoms with Crippen LogP contribution in [0.2, 0.25) is 0 Å². The molecule has 12 rings (SSSR count). The van der Waals surface area contributed by atoms with Crippen molar-refractivity contribution in [2.45, 2.75) is 0 Å². The summed E-state index contributed by atoms with van der Waals surface area (Å²) in [5, 5.41) is 4.46. The molecule has 12 aromatic rings. The molecule has 6 nitrogen and oxygen atoms in total. The molecule has 0 atom stereocenters. The molecule has 0 amide bonds. The zero-order valence-corrected chi connectivity index (χ0v) is 34.5. The van der Waals surface area contributed by atoms with Gasteiger partial charge in [-0.1, -0.05) is 176 Å². The average molecular weight is 817 g/mol. The quantitative estimate of drug-likeness (QED) is 0.151. The molecule has 0 saturated heterocycles. The highest BCUT2D eigenvalue weighted by Gasteiger charge is 2.23. The standard InChI is InChI=1S/C58H36N6/c1-59-43-31-33-46-45-32-30-42(38-18-6-2-7-19-38)34-52(45)64(53(46)35-43)54-37-55-49(36-48(54)39-20-8-3-9-21-39)44-26-14-16-28-50(44)63(55)51-29-17-15-27-47(51)58-61-56(40-22-10-4-11-23-40)60-57(62-58)41-24-12-5-13-25-41/h2-37H. The van der Waals surface area contributed by atoms with Gasteiger partial charge in [0.25, 0.3) is 0 Å². The van der Waals surface area contributed by atoms with Gasteiger partial charge in [-0.2, -0.15) is 0 Å². The predicted molar refractivity (Wildman–Crippen MR) is 262 cm³/mol. The van der Waals surface area contributed by atoms with Crippen LogP contribution in [-0.4, -0.2) is 24.1 Å². The van der Waals surface area contributed by atoms with Gasteiger partial charge in [0.1, 0.15) is 0 Å². The van der Waals surface area contributed by atoms with Gasteiger partial charge in [0.05, 0.1) is 34.5 Å².